The van der Waals surface area contributed by atoms with Crippen LogP contribution in [0.3, 0.4) is 0 Å². The van der Waals surface area contributed by atoms with E-state index in [1.54, 1.807) is 43.1 Å². The number of nitrogens with zero attached hydrogens (tertiary/aromatic N) is 1. The summed E-state index contributed by atoms with van der Waals surface area (Å²) in [5.74, 6) is -0.0222. The number of pyridine rings is 1. The Morgan fingerprint density at radius 2 is 1.85 bits per heavy atom. The van der Waals surface area contributed by atoms with Gasteiger partial charge < -0.3 is 29.0 Å². The molecule has 3 aromatic rings. The number of rotatable bonds is 8. The van der Waals surface area contributed by atoms with E-state index in [0.717, 1.165) is 23.1 Å². The average Bonchev–Trinajstić information content (AvgIpc) is 2.81. The topological polar surface area (TPSA) is 107 Å². The van der Waals surface area contributed by atoms with Gasteiger partial charge in [0.2, 0.25) is 0 Å². The van der Waals surface area contributed by atoms with Crippen LogP contribution in [0.5, 0.6) is 17.2 Å². The van der Waals surface area contributed by atoms with Crippen LogP contribution in [0.4, 0.5) is 0 Å². The molecule has 8 nitrogen and oxygen atoms in total. The fraction of sp³-hybridized carbons (Fsp3) is 0.280. The van der Waals surface area contributed by atoms with Gasteiger partial charge in [0.1, 0.15) is 11.3 Å². The highest BCUT2D eigenvalue weighted by Gasteiger charge is 2.28. The third-order valence-electron chi connectivity index (χ3n) is 5.75. The normalized spacial score (nSPS) is 14.3. The van der Waals surface area contributed by atoms with Gasteiger partial charge in [-0.15, -0.1) is 0 Å². The predicted molar refractivity (Wildman–Crippen MR) is 122 cm³/mol. The summed E-state index contributed by atoms with van der Waals surface area (Å²) >= 11 is 0. The van der Waals surface area contributed by atoms with E-state index < -0.39 is 11.4 Å². The lowest BCUT2D eigenvalue weighted by Crippen LogP contribution is -2.26. The van der Waals surface area contributed by atoms with Gasteiger partial charge in [-0.1, -0.05) is 12.1 Å². The molecule has 4 rings (SSSR count). The van der Waals surface area contributed by atoms with Crippen LogP contribution >= 0.6 is 0 Å². The van der Waals surface area contributed by atoms with E-state index >= 15 is 0 Å². The highest BCUT2D eigenvalue weighted by Crippen LogP contribution is 2.42. The number of phenolic OH excluding ortho intramolecular Hbond substituents is 1. The minimum Gasteiger partial charge on any atom is -0.508 e. The number of aromatic nitrogens is 1. The number of carboxylic acid groups (broad SMARTS) is 1. The second kappa shape index (κ2) is 9.38. The third-order valence-corrected chi connectivity index (χ3v) is 5.75. The van der Waals surface area contributed by atoms with Crippen LogP contribution in [-0.2, 0) is 11.2 Å². The molecule has 2 N–H and O–H groups in total. The molecule has 172 valence electrons. The number of benzene rings is 2. The van der Waals surface area contributed by atoms with Gasteiger partial charge in [0.05, 0.1) is 25.5 Å². The van der Waals surface area contributed by atoms with Crippen LogP contribution in [-0.4, -0.2) is 48.2 Å². The maximum atomic E-state index is 12.6. The van der Waals surface area contributed by atoms with Crippen molar-refractivity contribution in [2.75, 3.05) is 27.4 Å². The van der Waals surface area contributed by atoms with Crippen molar-refractivity contribution in [3.8, 4) is 28.5 Å². The Hall–Kier alpha value is -3.78. The molecule has 2 aromatic carbocycles. The fourth-order valence-corrected chi connectivity index (χ4v) is 4.13. The van der Waals surface area contributed by atoms with Crippen LogP contribution in [0, 0.1) is 0 Å². The number of hydrogen-bond acceptors (Lipinski definition) is 6. The smallest absolute Gasteiger partial charge is 0.341 e. The highest BCUT2D eigenvalue weighted by atomic mass is 16.5. The molecule has 0 radical (unpaired) electrons. The van der Waals surface area contributed by atoms with Crippen molar-refractivity contribution in [3.63, 3.8) is 0 Å². The molecule has 0 bridgehead atoms. The summed E-state index contributed by atoms with van der Waals surface area (Å²) in [6.07, 6.45) is 2.65. The van der Waals surface area contributed by atoms with Crippen molar-refractivity contribution >= 4 is 5.97 Å². The molecule has 1 atom stereocenters. The molecule has 0 saturated carbocycles. The molecule has 0 aliphatic carbocycles. The fourth-order valence-electron chi connectivity index (χ4n) is 4.13. The van der Waals surface area contributed by atoms with Gasteiger partial charge in [0, 0.05) is 38.0 Å². The summed E-state index contributed by atoms with van der Waals surface area (Å²) in [5.41, 5.74) is 2.32. The Kier molecular flexibility index (Phi) is 6.37. The van der Waals surface area contributed by atoms with Crippen LogP contribution in [0.2, 0.25) is 0 Å². The molecule has 0 saturated heterocycles. The number of ether oxygens (including phenoxy) is 3. The lowest BCUT2D eigenvalue weighted by molar-refractivity contribution is 0.0694. The van der Waals surface area contributed by atoms with Crippen LogP contribution in [0.15, 0.2) is 53.5 Å². The maximum absolute atomic E-state index is 12.6. The summed E-state index contributed by atoms with van der Waals surface area (Å²) < 4.78 is 18.3. The van der Waals surface area contributed by atoms with Gasteiger partial charge in [-0.2, -0.15) is 0 Å². The molecule has 8 heteroatoms. The van der Waals surface area contributed by atoms with Crippen molar-refractivity contribution in [1.82, 2.24) is 4.57 Å². The number of carboxylic acids is 1. The van der Waals surface area contributed by atoms with E-state index in [1.165, 1.54) is 12.3 Å². The largest absolute Gasteiger partial charge is 0.508 e. The minimum absolute atomic E-state index is 0.137. The van der Waals surface area contributed by atoms with E-state index in [4.69, 9.17) is 14.2 Å². The first kappa shape index (κ1) is 22.4. The molecular formula is C25H25NO7. The number of carbonyl (C=O) groups is 1. The van der Waals surface area contributed by atoms with Gasteiger partial charge in [0.15, 0.2) is 16.9 Å². The highest BCUT2D eigenvalue weighted by molar-refractivity contribution is 5.88. The van der Waals surface area contributed by atoms with E-state index in [-0.39, 0.29) is 17.4 Å². The molecule has 0 amide bonds. The zero-order valence-electron chi connectivity index (χ0n) is 18.4. The van der Waals surface area contributed by atoms with E-state index in [9.17, 15) is 19.8 Å². The summed E-state index contributed by atoms with van der Waals surface area (Å²) in [5, 5.41) is 19.2. The molecule has 1 aliphatic rings. The van der Waals surface area contributed by atoms with Crippen LogP contribution < -0.4 is 14.9 Å². The van der Waals surface area contributed by atoms with Gasteiger partial charge in [-0.05, 0) is 41.8 Å². The number of phenols is 1. The second-order valence-electron chi connectivity index (χ2n) is 7.82. The van der Waals surface area contributed by atoms with Crippen molar-refractivity contribution in [2.45, 2.75) is 18.9 Å². The van der Waals surface area contributed by atoms with Gasteiger partial charge >= 0.3 is 5.97 Å². The molecular weight excluding hydrogens is 426 g/mol. The SMILES string of the molecule is COCCCOc1cc2c(cc1OC)-c1cc(=O)c(C(=O)O)cn1C(c1ccc(O)cc1)C2. The monoisotopic (exact) mass is 451 g/mol. The zero-order chi connectivity index (χ0) is 23.5. The Morgan fingerprint density at radius 1 is 1.09 bits per heavy atom. The molecule has 0 fully saturated rings. The first-order valence-corrected chi connectivity index (χ1v) is 10.5. The van der Waals surface area contributed by atoms with Crippen molar-refractivity contribution in [2.24, 2.45) is 0 Å². The van der Waals surface area contributed by atoms with Gasteiger partial charge in [-0.25, -0.2) is 4.79 Å². The van der Waals surface area contributed by atoms with Crippen LogP contribution in [0.1, 0.15) is 33.9 Å². The predicted octanol–water partition coefficient (Wildman–Crippen LogP) is 3.49. The first-order valence-electron chi connectivity index (χ1n) is 10.5. The number of fused-ring (bicyclic) bond motifs is 3. The summed E-state index contributed by atoms with van der Waals surface area (Å²) in [7, 11) is 3.19. The Morgan fingerprint density at radius 3 is 2.52 bits per heavy atom. The summed E-state index contributed by atoms with van der Waals surface area (Å²) in [6.45, 7) is 1.04. The number of aromatic carboxylic acids is 1. The third kappa shape index (κ3) is 4.42. The molecule has 2 heterocycles. The van der Waals surface area contributed by atoms with E-state index in [0.29, 0.717) is 36.8 Å². The number of aromatic hydroxyl groups is 1. The molecule has 1 aromatic heterocycles. The number of hydrogen-bond donors (Lipinski definition) is 2. The molecule has 1 aliphatic heterocycles. The van der Waals surface area contributed by atoms with E-state index in [2.05, 4.69) is 0 Å². The quantitative estimate of drug-likeness (QED) is 0.505. The molecule has 0 spiro atoms. The van der Waals surface area contributed by atoms with E-state index in [1.807, 2.05) is 12.1 Å². The summed E-state index contributed by atoms with van der Waals surface area (Å²) in [6, 6.07) is 11.6. The Bertz CT molecular complexity index is 1230. The number of methoxy groups -OCH3 is 2. The van der Waals surface area contributed by atoms with Crippen molar-refractivity contribution in [1.29, 1.82) is 0 Å². The van der Waals surface area contributed by atoms with Gasteiger partial charge in [0.25, 0.3) is 0 Å². The standard InChI is InChI=1S/C25H25NO7/c1-31-8-3-9-33-24-11-16-10-20(15-4-6-17(27)7-5-15)26-14-19(25(29)30)22(28)13-21(26)18(16)12-23(24)32-2/h4-7,11-14,20,27H,3,8-10H2,1-2H3,(H,29,30). The lowest BCUT2D eigenvalue weighted by atomic mass is 9.88. The minimum atomic E-state index is -1.28. The average molecular weight is 451 g/mol. The Labute approximate surface area is 190 Å². The molecule has 1 unspecified atom stereocenters. The summed E-state index contributed by atoms with van der Waals surface area (Å²) in [4.78, 5) is 24.2. The Balaban J connectivity index is 1.85. The van der Waals surface area contributed by atoms with Crippen LogP contribution in [0.25, 0.3) is 11.3 Å². The first-order chi connectivity index (χ1) is 15.9. The van der Waals surface area contributed by atoms with Crippen molar-refractivity contribution in [3.05, 3.63) is 75.6 Å². The zero-order valence-corrected chi connectivity index (χ0v) is 18.4. The lowest BCUT2D eigenvalue weighted by Gasteiger charge is -2.32. The van der Waals surface area contributed by atoms with Gasteiger partial charge in [-0.3, -0.25) is 4.79 Å². The maximum Gasteiger partial charge on any atom is 0.341 e. The molecule has 33 heavy (non-hydrogen) atoms. The van der Waals surface area contributed by atoms with Crippen molar-refractivity contribution < 1.29 is 29.2 Å². The second-order valence-corrected chi connectivity index (χ2v) is 7.82.